The van der Waals surface area contributed by atoms with Crippen molar-refractivity contribution in [1.82, 2.24) is 0 Å². The van der Waals surface area contributed by atoms with Crippen molar-refractivity contribution in [2.24, 2.45) is 0 Å². The summed E-state index contributed by atoms with van der Waals surface area (Å²) in [6, 6.07) is 15.2. The highest BCUT2D eigenvalue weighted by molar-refractivity contribution is 6.31. The van der Waals surface area contributed by atoms with Gasteiger partial charge in [0.1, 0.15) is 5.75 Å². The van der Waals surface area contributed by atoms with Crippen LogP contribution >= 0.6 is 0 Å². The molecular weight excluding hydrogens is 252 g/mol. The quantitative estimate of drug-likeness (QED) is 0.839. The maximum absolute atomic E-state index is 11.9. The highest BCUT2D eigenvalue weighted by Gasteiger charge is 2.23. The Kier molecular flexibility index (Phi) is 3.13. The number of ether oxygens (including phenoxy) is 1. The van der Waals surface area contributed by atoms with Gasteiger partial charge in [-0.1, -0.05) is 18.2 Å². The molecule has 0 saturated heterocycles. The van der Waals surface area contributed by atoms with Crippen molar-refractivity contribution < 1.29 is 9.53 Å². The first-order valence-corrected chi connectivity index (χ1v) is 6.29. The molecule has 4 nitrogen and oxygen atoms in total. The predicted octanol–water partition coefficient (Wildman–Crippen LogP) is 3.10. The molecule has 0 radical (unpaired) electrons. The maximum atomic E-state index is 11.9. The first-order chi connectivity index (χ1) is 9.78. The molecule has 1 aliphatic rings. The second kappa shape index (κ2) is 5.09. The molecule has 2 aromatic carbocycles. The van der Waals surface area contributed by atoms with Crippen molar-refractivity contribution in [3.63, 3.8) is 0 Å². The minimum atomic E-state index is -0.0905. The maximum Gasteiger partial charge on any atom is 0.257 e. The van der Waals surface area contributed by atoms with Crippen LogP contribution in [-0.2, 0) is 4.79 Å². The molecule has 0 atom stereocenters. The number of nitrogens with one attached hydrogen (secondary N) is 2. The summed E-state index contributed by atoms with van der Waals surface area (Å²) in [5.74, 6) is 0.708. The number of fused-ring (bicyclic) bond motifs is 1. The van der Waals surface area contributed by atoms with E-state index in [1.165, 1.54) is 0 Å². The fourth-order valence-electron chi connectivity index (χ4n) is 2.12. The lowest BCUT2D eigenvalue weighted by Gasteiger charge is -2.04. The molecule has 20 heavy (non-hydrogen) atoms. The van der Waals surface area contributed by atoms with Crippen LogP contribution in [0, 0.1) is 0 Å². The molecule has 1 heterocycles. The van der Waals surface area contributed by atoms with Gasteiger partial charge in [-0.05, 0) is 30.3 Å². The summed E-state index contributed by atoms with van der Waals surface area (Å²) >= 11 is 0. The number of methoxy groups -OCH3 is 1. The number of para-hydroxylation sites is 1. The Labute approximate surface area is 117 Å². The van der Waals surface area contributed by atoms with E-state index >= 15 is 0 Å². The second-order valence-corrected chi connectivity index (χ2v) is 4.43. The number of amides is 1. The van der Waals surface area contributed by atoms with Gasteiger partial charge in [-0.2, -0.15) is 0 Å². The van der Waals surface area contributed by atoms with E-state index < -0.39 is 0 Å². The summed E-state index contributed by atoms with van der Waals surface area (Å²) in [7, 11) is 1.63. The molecule has 0 spiro atoms. The van der Waals surface area contributed by atoms with Crippen molar-refractivity contribution in [2.45, 2.75) is 0 Å². The zero-order valence-corrected chi connectivity index (χ0v) is 11.0. The number of carbonyl (C=O) groups is 1. The summed E-state index contributed by atoms with van der Waals surface area (Å²) in [4.78, 5) is 11.9. The third-order valence-electron chi connectivity index (χ3n) is 3.18. The monoisotopic (exact) mass is 266 g/mol. The van der Waals surface area contributed by atoms with Crippen molar-refractivity contribution in [3.05, 3.63) is 60.3 Å². The molecular formula is C16H14N2O2. The Bertz CT molecular complexity index is 675. The molecule has 0 saturated carbocycles. The van der Waals surface area contributed by atoms with Gasteiger partial charge in [0.25, 0.3) is 5.91 Å². The van der Waals surface area contributed by atoms with Gasteiger partial charge in [0, 0.05) is 23.1 Å². The number of anilines is 2. The van der Waals surface area contributed by atoms with E-state index in [-0.39, 0.29) is 5.91 Å². The Balaban J connectivity index is 1.83. The molecule has 2 aromatic rings. The zero-order valence-electron chi connectivity index (χ0n) is 11.0. The Hall–Kier alpha value is -2.75. The summed E-state index contributed by atoms with van der Waals surface area (Å²) in [5, 5.41) is 5.97. The van der Waals surface area contributed by atoms with Crippen molar-refractivity contribution in [2.75, 3.05) is 17.7 Å². The number of hydrogen-bond donors (Lipinski definition) is 2. The molecule has 1 aliphatic heterocycles. The molecule has 3 rings (SSSR count). The fraction of sp³-hybridized carbons (Fsp3) is 0.0625. The third-order valence-corrected chi connectivity index (χ3v) is 3.18. The van der Waals surface area contributed by atoms with Crippen molar-refractivity contribution in [1.29, 1.82) is 0 Å². The van der Waals surface area contributed by atoms with Crippen LogP contribution in [0.25, 0.3) is 5.57 Å². The van der Waals surface area contributed by atoms with Crippen molar-refractivity contribution in [3.8, 4) is 5.75 Å². The van der Waals surface area contributed by atoms with E-state index in [9.17, 15) is 4.79 Å². The standard InChI is InChI=1S/C16H14N2O2/c1-20-12-8-6-11(7-9-12)17-10-14-13-4-2-3-5-15(13)18-16(14)19/h2-10,17H,1H3,(H,18,19)/b14-10-. The van der Waals surface area contributed by atoms with Gasteiger partial charge < -0.3 is 15.4 Å². The molecule has 2 N–H and O–H groups in total. The molecule has 4 heteroatoms. The third kappa shape index (κ3) is 2.23. The SMILES string of the molecule is COc1ccc(N/C=C2\C(=O)Nc3ccccc32)cc1. The lowest BCUT2D eigenvalue weighted by molar-refractivity contribution is -0.110. The average Bonchev–Trinajstić information content (AvgIpc) is 2.81. The van der Waals surface area contributed by atoms with E-state index in [1.54, 1.807) is 13.3 Å². The number of carbonyl (C=O) groups excluding carboxylic acids is 1. The van der Waals surface area contributed by atoms with Crippen LogP contribution in [0.3, 0.4) is 0 Å². The van der Waals surface area contributed by atoms with Gasteiger partial charge in [-0.25, -0.2) is 0 Å². The first-order valence-electron chi connectivity index (χ1n) is 6.29. The number of rotatable bonds is 3. The van der Waals surface area contributed by atoms with Crippen LogP contribution in [0.4, 0.5) is 11.4 Å². The minimum Gasteiger partial charge on any atom is -0.497 e. The molecule has 0 unspecified atom stereocenters. The zero-order chi connectivity index (χ0) is 13.9. The van der Waals surface area contributed by atoms with E-state index in [4.69, 9.17) is 4.74 Å². The van der Waals surface area contributed by atoms with Gasteiger partial charge in [0.05, 0.1) is 12.7 Å². The molecule has 0 fully saturated rings. The Morgan fingerprint density at radius 2 is 1.85 bits per heavy atom. The van der Waals surface area contributed by atoms with Crippen molar-refractivity contribution >= 4 is 22.9 Å². The minimum absolute atomic E-state index is 0.0905. The molecule has 0 bridgehead atoms. The average molecular weight is 266 g/mol. The van der Waals surface area contributed by atoms with Crippen LogP contribution in [0.15, 0.2) is 54.7 Å². The van der Waals surface area contributed by atoms with Gasteiger partial charge in [-0.15, -0.1) is 0 Å². The Morgan fingerprint density at radius 1 is 1.10 bits per heavy atom. The highest BCUT2D eigenvalue weighted by Crippen LogP contribution is 2.31. The smallest absolute Gasteiger partial charge is 0.257 e. The summed E-state index contributed by atoms with van der Waals surface area (Å²) < 4.78 is 5.10. The molecule has 0 aromatic heterocycles. The lowest BCUT2D eigenvalue weighted by atomic mass is 10.1. The molecule has 1 amide bonds. The van der Waals surface area contributed by atoms with Gasteiger partial charge >= 0.3 is 0 Å². The summed E-state index contributed by atoms with van der Waals surface area (Å²) in [5.41, 5.74) is 3.30. The largest absolute Gasteiger partial charge is 0.497 e. The summed E-state index contributed by atoms with van der Waals surface area (Å²) in [6.07, 6.45) is 1.73. The second-order valence-electron chi connectivity index (χ2n) is 4.43. The van der Waals surface area contributed by atoms with Gasteiger partial charge in [0.2, 0.25) is 0 Å². The number of hydrogen-bond acceptors (Lipinski definition) is 3. The van der Waals surface area contributed by atoms with Crippen LogP contribution in [0.1, 0.15) is 5.56 Å². The van der Waals surface area contributed by atoms with Gasteiger partial charge in [0.15, 0.2) is 0 Å². The predicted molar refractivity (Wildman–Crippen MR) is 79.7 cm³/mol. The van der Waals surface area contributed by atoms with Crippen LogP contribution in [0.5, 0.6) is 5.75 Å². The topological polar surface area (TPSA) is 50.4 Å². The Morgan fingerprint density at radius 3 is 2.60 bits per heavy atom. The normalized spacial score (nSPS) is 14.8. The molecule has 100 valence electrons. The van der Waals surface area contributed by atoms with Crippen LogP contribution in [-0.4, -0.2) is 13.0 Å². The first kappa shape index (κ1) is 12.3. The van der Waals surface area contributed by atoms with E-state index in [0.29, 0.717) is 5.57 Å². The highest BCUT2D eigenvalue weighted by atomic mass is 16.5. The van der Waals surface area contributed by atoms with Gasteiger partial charge in [-0.3, -0.25) is 4.79 Å². The van der Waals surface area contributed by atoms with Crippen LogP contribution in [0.2, 0.25) is 0 Å². The van der Waals surface area contributed by atoms with E-state index in [0.717, 1.165) is 22.7 Å². The van der Waals surface area contributed by atoms with Crippen LogP contribution < -0.4 is 15.4 Å². The number of benzene rings is 2. The van der Waals surface area contributed by atoms with E-state index in [1.807, 2.05) is 48.5 Å². The molecule has 0 aliphatic carbocycles. The lowest BCUT2D eigenvalue weighted by Crippen LogP contribution is -2.05. The fourth-order valence-corrected chi connectivity index (χ4v) is 2.12. The van der Waals surface area contributed by atoms with E-state index in [2.05, 4.69) is 10.6 Å². The summed E-state index contributed by atoms with van der Waals surface area (Å²) in [6.45, 7) is 0.